The van der Waals surface area contributed by atoms with Crippen LogP contribution >= 0.6 is 11.6 Å². The minimum atomic E-state index is -2.85. The number of aromatic nitrogens is 2. The zero-order chi connectivity index (χ0) is 15.6. The van der Waals surface area contributed by atoms with Crippen molar-refractivity contribution in [1.82, 2.24) is 10.2 Å². The summed E-state index contributed by atoms with van der Waals surface area (Å²) in [5.41, 5.74) is -0.598. The Morgan fingerprint density at radius 3 is 2.76 bits per heavy atom. The van der Waals surface area contributed by atoms with E-state index in [0.717, 1.165) is 18.5 Å². The van der Waals surface area contributed by atoms with Crippen LogP contribution in [0.15, 0.2) is 27.8 Å². The Balaban J connectivity index is 2.41. The molecule has 0 spiro atoms. The molecule has 112 valence electrons. The molecule has 0 aliphatic heterocycles. The van der Waals surface area contributed by atoms with E-state index >= 15 is 0 Å². The maximum absolute atomic E-state index is 12.9. The lowest BCUT2D eigenvalue weighted by molar-refractivity contribution is 0.102. The van der Waals surface area contributed by atoms with Crippen LogP contribution in [0.5, 0.6) is 0 Å². The van der Waals surface area contributed by atoms with Gasteiger partial charge in [-0.15, -0.1) is 5.10 Å². The van der Waals surface area contributed by atoms with Crippen molar-refractivity contribution in [2.75, 3.05) is 11.6 Å². The normalized spacial score (nSPS) is 12.5. The topological polar surface area (TPSA) is 91.1 Å². The first-order valence-electron chi connectivity index (χ1n) is 5.43. The third-order valence-electron chi connectivity index (χ3n) is 2.48. The highest BCUT2D eigenvalue weighted by molar-refractivity contribution is 7.90. The number of benzene rings is 1. The van der Waals surface area contributed by atoms with Crippen LogP contribution in [0.25, 0.3) is 0 Å². The molecule has 0 radical (unpaired) electrons. The average molecular weight is 336 g/mol. The lowest BCUT2D eigenvalue weighted by Crippen LogP contribution is -2.15. The van der Waals surface area contributed by atoms with Gasteiger partial charge in [0.25, 0.3) is 12.3 Å². The van der Waals surface area contributed by atoms with E-state index in [-0.39, 0.29) is 21.5 Å². The monoisotopic (exact) mass is 335 g/mol. The summed E-state index contributed by atoms with van der Waals surface area (Å²) in [7, 11) is 0. The van der Waals surface area contributed by atoms with Crippen molar-refractivity contribution in [3.63, 3.8) is 0 Å². The molecule has 0 fully saturated rings. The summed E-state index contributed by atoms with van der Waals surface area (Å²) in [5.74, 6) is -0.739. The first-order valence-corrected chi connectivity index (χ1v) is 7.37. The van der Waals surface area contributed by atoms with E-state index in [4.69, 9.17) is 16.0 Å². The van der Waals surface area contributed by atoms with Gasteiger partial charge in [0.05, 0.1) is 11.1 Å². The third kappa shape index (κ3) is 3.31. The highest BCUT2D eigenvalue weighted by Gasteiger charge is 2.27. The highest BCUT2D eigenvalue weighted by atomic mass is 35.5. The summed E-state index contributed by atoms with van der Waals surface area (Å²) >= 11 is 4.15. The highest BCUT2D eigenvalue weighted by Crippen LogP contribution is 2.34. The zero-order valence-electron chi connectivity index (χ0n) is 10.5. The van der Waals surface area contributed by atoms with Gasteiger partial charge < -0.3 is 8.97 Å². The molecule has 21 heavy (non-hydrogen) atoms. The number of nitrogens with one attached hydrogen (secondary N) is 1. The number of carbonyl (C=O) groups is 1. The van der Waals surface area contributed by atoms with Gasteiger partial charge in [-0.25, -0.2) is 8.78 Å². The molecule has 0 unspecified atom stereocenters. The Hall–Kier alpha value is -1.71. The molecule has 2 rings (SSSR count). The van der Waals surface area contributed by atoms with Crippen molar-refractivity contribution in [1.29, 1.82) is 0 Å². The molecule has 2 aromatic rings. The summed E-state index contributed by atoms with van der Waals surface area (Å²) in [5, 5.41) is 8.75. The van der Waals surface area contributed by atoms with Gasteiger partial charge in [0.15, 0.2) is 4.90 Å². The van der Waals surface area contributed by atoms with Crippen LogP contribution in [-0.2, 0) is 11.2 Å². The summed E-state index contributed by atoms with van der Waals surface area (Å²) in [4.78, 5) is 11.7. The van der Waals surface area contributed by atoms with Crippen LogP contribution in [0.3, 0.4) is 0 Å². The fourth-order valence-corrected chi connectivity index (χ4v) is 3.04. The Labute approximate surface area is 125 Å². The van der Waals surface area contributed by atoms with E-state index in [9.17, 15) is 18.1 Å². The molecule has 1 N–H and O–H groups in total. The van der Waals surface area contributed by atoms with Crippen molar-refractivity contribution in [3.05, 3.63) is 34.7 Å². The van der Waals surface area contributed by atoms with Crippen LogP contribution in [-0.4, -0.2) is 26.9 Å². The molecule has 1 atom stereocenters. The zero-order valence-corrected chi connectivity index (χ0v) is 12.0. The average Bonchev–Trinajstić information content (AvgIpc) is 2.90. The van der Waals surface area contributed by atoms with Crippen molar-refractivity contribution in [3.8, 4) is 0 Å². The van der Waals surface area contributed by atoms with Crippen LogP contribution in [0.4, 0.5) is 14.8 Å². The Bertz CT molecular complexity index is 652. The number of hydrogen-bond donors (Lipinski definition) is 1. The lowest BCUT2D eigenvalue weighted by Gasteiger charge is -2.14. The number of amides is 1. The van der Waals surface area contributed by atoms with E-state index in [1.54, 1.807) is 0 Å². The van der Waals surface area contributed by atoms with E-state index in [1.807, 2.05) is 0 Å². The molecule has 1 aromatic carbocycles. The molecule has 0 aliphatic rings. The lowest BCUT2D eigenvalue weighted by atomic mass is 10.1. The first kappa shape index (κ1) is 15.7. The fraction of sp³-hybridized carbons (Fsp3) is 0.182. The van der Waals surface area contributed by atoms with E-state index in [1.165, 1.54) is 6.26 Å². The van der Waals surface area contributed by atoms with E-state index in [2.05, 4.69) is 15.5 Å². The molecule has 1 amide bonds. The SMILES string of the molecule is C[S@@+]([O-])c1c(C(F)F)ccc(C(=O)Nc2nnco2)c1Cl. The van der Waals surface area contributed by atoms with Gasteiger partial charge in [-0.2, -0.15) is 0 Å². The van der Waals surface area contributed by atoms with Crippen LogP contribution in [0, 0.1) is 0 Å². The number of carbonyl (C=O) groups excluding carboxylic acids is 1. The minimum Gasteiger partial charge on any atom is -0.612 e. The summed E-state index contributed by atoms with van der Waals surface area (Å²) in [6.07, 6.45) is -0.648. The molecular weight excluding hydrogens is 328 g/mol. The maximum atomic E-state index is 12.9. The smallest absolute Gasteiger partial charge is 0.322 e. The van der Waals surface area contributed by atoms with Gasteiger partial charge >= 0.3 is 6.01 Å². The second kappa shape index (κ2) is 6.37. The van der Waals surface area contributed by atoms with Gasteiger partial charge in [-0.3, -0.25) is 10.1 Å². The molecule has 10 heteroatoms. The Kier molecular flexibility index (Phi) is 4.76. The van der Waals surface area contributed by atoms with Gasteiger partial charge in [-0.05, 0) is 23.3 Å². The molecule has 6 nitrogen and oxygen atoms in total. The van der Waals surface area contributed by atoms with Crippen molar-refractivity contribution >= 4 is 34.7 Å². The van der Waals surface area contributed by atoms with Crippen LogP contribution in [0.1, 0.15) is 22.3 Å². The van der Waals surface area contributed by atoms with Gasteiger partial charge in [0, 0.05) is 0 Å². The molecule has 0 saturated heterocycles. The van der Waals surface area contributed by atoms with Crippen molar-refractivity contribution < 1.29 is 22.5 Å². The second-order valence-corrected chi connectivity index (χ2v) is 5.49. The van der Waals surface area contributed by atoms with Crippen LogP contribution < -0.4 is 5.32 Å². The summed E-state index contributed by atoms with van der Waals surface area (Å²) in [6.45, 7) is 0. The maximum Gasteiger partial charge on any atom is 0.322 e. The largest absolute Gasteiger partial charge is 0.612 e. The molecule has 0 aliphatic carbocycles. The number of nitrogens with zero attached hydrogens (tertiary/aromatic N) is 2. The molecule has 1 aromatic heterocycles. The quantitative estimate of drug-likeness (QED) is 0.867. The number of rotatable bonds is 4. The molecule has 1 heterocycles. The van der Waals surface area contributed by atoms with Gasteiger partial charge in [-0.1, -0.05) is 16.7 Å². The minimum absolute atomic E-state index is 0.121. The first-order chi connectivity index (χ1) is 9.91. The third-order valence-corrected chi connectivity index (χ3v) is 3.99. The number of anilines is 1. The van der Waals surface area contributed by atoms with Crippen molar-refractivity contribution in [2.45, 2.75) is 11.3 Å². The predicted octanol–water partition coefficient (Wildman–Crippen LogP) is 2.65. The van der Waals surface area contributed by atoms with Gasteiger partial charge in [0.2, 0.25) is 6.39 Å². The molecular formula is C11H8ClF2N3O3S. The van der Waals surface area contributed by atoms with E-state index < -0.39 is 29.1 Å². The van der Waals surface area contributed by atoms with Gasteiger partial charge in [0.1, 0.15) is 11.3 Å². The Morgan fingerprint density at radius 2 is 2.24 bits per heavy atom. The summed E-state index contributed by atoms with van der Waals surface area (Å²) in [6, 6.07) is 1.95. The number of alkyl halides is 2. The Morgan fingerprint density at radius 1 is 1.52 bits per heavy atom. The molecule has 0 bridgehead atoms. The predicted molar refractivity (Wildman–Crippen MR) is 71.0 cm³/mol. The standard InChI is InChI=1S/C11H8ClF2N3O3S/c1-21(19)8-6(9(13)14)3-2-5(7(8)12)10(18)16-11-17-15-4-20-11/h2-4,9H,1H3,(H,16,17,18)/t21-/m1/s1. The van der Waals surface area contributed by atoms with E-state index in [0.29, 0.717) is 0 Å². The number of halogens is 3. The van der Waals surface area contributed by atoms with Crippen molar-refractivity contribution in [2.24, 2.45) is 0 Å². The fourth-order valence-electron chi connectivity index (χ4n) is 1.60. The van der Waals surface area contributed by atoms with Crippen LogP contribution in [0.2, 0.25) is 5.02 Å². The molecule has 0 saturated carbocycles. The summed E-state index contributed by atoms with van der Waals surface area (Å²) < 4.78 is 42.1. The second-order valence-electron chi connectivity index (χ2n) is 3.80. The number of hydrogen-bond acceptors (Lipinski definition) is 5.